The maximum absolute atomic E-state index is 12.1. The van der Waals surface area contributed by atoms with Gasteiger partial charge in [-0.05, 0) is 39.3 Å². The number of ether oxygens (including phenoxy) is 1. The third-order valence-electron chi connectivity index (χ3n) is 3.33. The van der Waals surface area contributed by atoms with Gasteiger partial charge in [-0.3, -0.25) is 4.79 Å². The third-order valence-corrected chi connectivity index (χ3v) is 5.20. The Kier molecular flexibility index (Phi) is 6.74. The molecule has 1 N–H and O–H groups in total. The molecule has 1 aliphatic rings. The van der Waals surface area contributed by atoms with Crippen molar-refractivity contribution >= 4 is 16.0 Å². The summed E-state index contributed by atoms with van der Waals surface area (Å²) in [6.07, 6.45) is 1.69. The van der Waals surface area contributed by atoms with E-state index in [-0.39, 0.29) is 18.8 Å². The van der Waals surface area contributed by atoms with Crippen molar-refractivity contribution in [3.8, 4) is 0 Å². The number of nitrogens with zero attached hydrogens (tertiary/aromatic N) is 1. The molecule has 0 aromatic rings. The Morgan fingerprint density at radius 2 is 2.00 bits per heavy atom. The van der Waals surface area contributed by atoms with E-state index in [0.717, 1.165) is 19.4 Å². The first kappa shape index (κ1) is 16.4. The van der Waals surface area contributed by atoms with Crippen molar-refractivity contribution in [2.24, 2.45) is 5.92 Å². The molecule has 112 valence electrons. The van der Waals surface area contributed by atoms with Gasteiger partial charge in [0.15, 0.2) is 0 Å². The molecule has 0 saturated carbocycles. The zero-order chi connectivity index (χ0) is 14.3. The predicted molar refractivity (Wildman–Crippen MR) is 73.3 cm³/mol. The molecule has 0 atom stereocenters. The van der Waals surface area contributed by atoms with Crippen molar-refractivity contribution in [2.75, 3.05) is 39.0 Å². The molecule has 19 heavy (non-hydrogen) atoms. The Hall–Kier alpha value is -0.660. The summed E-state index contributed by atoms with van der Waals surface area (Å²) < 4.78 is 30.4. The summed E-state index contributed by atoms with van der Waals surface area (Å²) in [5.74, 6) is -0.0552. The van der Waals surface area contributed by atoms with E-state index in [1.165, 1.54) is 4.31 Å². The first-order chi connectivity index (χ1) is 8.99. The lowest BCUT2D eigenvalue weighted by Crippen LogP contribution is -2.41. The van der Waals surface area contributed by atoms with Crippen LogP contribution in [0.25, 0.3) is 0 Å². The first-order valence-corrected chi connectivity index (χ1v) is 8.38. The van der Waals surface area contributed by atoms with Gasteiger partial charge in [-0.1, -0.05) is 0 Å². The van der Waals surface area contributed by atoms with Crippen molar-refractivity contribution < 1.29 is 17.9 Å². The molecule has 1 fully saturated rings. The molecule has 0 aromatic carbocycles. The summed E-state index contributed by atoms with van der Waals surface area (Å²) in [4.78, 5) is 11.2. The first-order valence-electron chi connectivity index (χ1n) is 6.77. The summed E-state index contributed by atoms with van der Waals surface area (Å²) >= 11 is 0. The van der Waals surface area contributed by atoms with Crippen LogP contribution >= 0.6 is 0 Å². The summed E-state index contributed by atoms with van der Waals surface area (Å²) in [5, 5.41) is 3.12. The van der Waals surface area contributed by atoms with Gasteiger partial charge in [-0.15, -0.1) is 0 Å². The molecule has 0 aromatic heterocycles. The van der Waals surface area contributed by atoms with E-state index in [2.05, 4.69) is 5.32 Å². The Balaban J connectivity index is 2.40. The van der Waals surface area contributed by atoms with Crippen LogP contribution in [0.4, 0.5) is 0 Å². The van der Waals surface area contributed by atoms with Crippen molar-refractivity contribution in [2.45, 2.75) is 26.2 Å². The predicted octanol–water partition coefficient (Wildman–Crippen LogP) is 0.201. The highest BCUT2D eigenvalue weighted by atomic mass is 32.2. The molecule has 1 heterocycles. The van der Waals surface area contributed by atoms with Gasteiger partial charge in [0.25, 0.3) is 0 Å². The fourth-order valence-corrected chi connectivity index (χ4v) is 3.70. The second-order valence-electron chi connectivity index (χ2n) is 4.77. The zero-order valence-electron chi connectivity index (χ0n) is 11.7. The molecule has 0 radical (unpaired) electrons. The van der Waals surface area contributed by atoms with Gasteiger partial charge in [0.2, 0.25) is 10.0 Å². The minimum Gasteiger partial charge on any atom is -0.466 e. The fourth-order valence-electron chi connectivity index (χ4n) is 2.25. The summed E-state index contributed by atoms with van der Waals surface area (Å²) in [7, 11) is -1.42. The van der Waals surface area contributed by atoms with Crippen LogP contribution in [0.15, 0.2) is 0 Å². The number of sulfonamides is 1. The van der Waals surface area contributed by atoms with Crippen LogP contribution in [0, 0.1) is 5.92 Å². The molecule has 1 aliphatic heterocycles. The van der Waals surface area contributed by atoms with Crippen LogP contribution < -0.4 is 5.32 Å². The molecular formula is C12H24N2O4S. The monoisotopic (exact) mass is 292 g/mol. The largest absolute Gasteiger partial charge is 0.466 e. The number of esters is 1. The van der Waals surface area contributed by atoms with E-state index in [4.69, 9.17) is 4.74 Å². The Morgan fingerprint density at radius 1 is 1.37 bits per heavy atom. The minimum atomic E-state index is -3.32. The highest BCUT2D eigenvalue weighted by molar-refractivity contribution is 7.89. The molecule has 6 nitrogen and oxygen atoms in total. The van der Waals surface area contributed by atoms with Crippen LogP contribution in [0.1, 0.15) is 26.2 Å². The lowest BCUT2D eigenvalue weighted by atomic mass is 9.98. The Labute approximate surface area is 115 Å². The molecule has 0 bridgehead atoms. The zero-order valence-corrected chi connectivity index (χ0v) is 12.5. The number of carbonyl (C=O) groups excluding carboxylic acids is 1. The average molecular weight is 292 g/mol. The van der Waals surface area contributed by atoms with Crippen LogP contribution in [0.2, 0.25) is 0 Å². The average Bonchev–Trinajstić information content (AvgIpc) is 2.38. The van der Waals surface area contributed by atoms with E-state index in [1.807, 2.05) is 7.05 Å². The van der Waals surface area contributed by atoms with E-state index in [1.54, 1.807) is 6.92 Å². The lowest BCUT2D eigenvalue weighted by molar-refractivity contribution is -0.142. The standard InChI is InChI=1S/C12H24N2O4S/c1-3-18-12(15)6-9-19(16,17)14-7-4-11(5-8-14)10-13-2/h11,13H,3-10H2,1-2H3. The van der Waals surface area contributed by atoms with Crippen molar-refractivity contribution in [1.29, 1.82) is 0 Å². The lowest BCUT2D eigenvalue weighted by Gasteiger charge is -2.31. The highest BCUT2D eigenvalue weighted by Crippen LogP contribution is 2.19. The normalized spacial score (nSPS) is 18.4. The molecule has 7 heteroatoms. The quantitative estimate of drug-likeness (QED) is 0.679. The van der Waals surface area contributed by atoms with E-state index >= 15 is 0 Å². The Bertz CT molecular complexity index is 375. The number of carbonyl (C=O) groups is 1. The second kappa shape index (κ2) is 7.81. The Morgan fingerprint density at radius 3 is 2.53 bits per heavy atom. The van der Waals surface area contributed by atoms with Crippen LogP contribution in [-0.2, 0) is 19.6 Å². The number of hydrogen-bond acceptors (Lipinski definition) is 5. The maximum atomic E-state index is 12.1. The number of hydrogen-bond donors (Lipinski definition) is 1. The minimum absolute atomic E-state index is 0.0629. The molecular weight excluding hydrogens is 268 g/mol. The van der Waals surface area contributed by atoms with Gasteiger partial charge >= 0.3 is 5.97 Å². The maximum Gasteiger partial charge on any atom is 0.306 e. The molecule has 0 amide bonds. The number of rotatable bonds is 7. The van der Waals surface area contributed by atoms with Gasteiger partial charge in [0.1, 0.15) is 0 Å². The second-order valence-corrected chi connectivity index (χ2v) is 6.86. The molecule has 0 spiro atoms. The van der Waals surface area contributed by atoms with Crippen LogP contribution in [0.5, 0.6) is 0 Å². The van der Waals surface area contributed by atoms with Crippen LogP contribution in [0.3, 0.4) is 0 Å². The van der Waals surface area contributed by atoms with Gasteiger partial charge in [-0.25, -0.2) is 12.7 Å². The third kappa shape index (κ3) is 5.46. The van der Waals surface area contributed by atoms with E-state index in [9.17, 15) is 13.2 Å². The van der Waals surface area contributed by atoms with Gasteiger partial charge in [0.05, 0.1) is 18.8 Å². The molecule has 1 rings (SSSR count). The van der Waals surface area contributed by atoms with Gasteiger partial charge in [0, 0.05) is 13.1 Å². The van der Waals surface area contributed by atoms with Gasteiger partial charge in [-0.2, -0.15) is 0 Å². The van der Waals surface area contributed by atoms with Gasteiger partial charge < -0.3 is 10.1 Å². The molecule has 0 unspecified atom stereocenters. The summed E-state index contributed by atoms with van der Waals surface area (Å²) in [6.45, 7) is 4.03. The van der Waals surface area contributed by atoms with Crippen molar-refractivity contribution in [3.63, 3.8) is 0 Å². The van der Waals surface area contributed by atoms with Crippen LogP contribution in [-0.4, -0.2) is 57.7 Å². The van der Waals surface area contributed by atoms with E-state index in [0.29, 0.717) is 19.0 Å². The van der Waals surface area contributed by atoms with Crippen molar-refractivity contribution in [1.82, 2.24) is 9.62 Å². The summed E-state index contributed by atoms with van der Waals surface area (Å²) in [6, 6.07) is 0. The topological polar surface area (TPSA) is 75.7 Å². The van der Waals surface area contributed by atoms with Crippen molar-refractivity contribution in [3.05, 3.63) is 0 Å². The van der Waals surface area contributed by atoms with E-state index < -0.39 is 16.0 Å². The number of nitrogens with one attached hydrogen (secondary N) is 1. The highest BCUT2D eigenvalue weighted by Gasteiger charge is 2.28. The smallest absolute Gasteiger partial charge is 0.306 e. The fraction of sp³-hybridized carbons (Fsp3) is 0.917. The molecule has 1 saturated heterocycles. The summed E-state index contributed by atoms with van der Waals surface area (Å²) in [5.41, 5.74) is 0. The SMILES string of the molecule is CCOC(=O)CCS(=O)(=O)N1CCC(CNC)CC1. The molecule has 0 aliphatic carbocycles. The number of piperidine rings is 1.